The van der Waals surface area contributed by atoms with Gasteiger partial charge in [-0.3, -0.25) is 0 Å². The molecule has 3 aliphatic rings. The minimum absolute atomic E-state index is 0.00404. The van der Waals surface area contributed by atoms with Crippen LogP contribution in [0.5, 0.6) is 0 Å². The SMILES string of the molecule is C/C=C\C(=C(/C)n1c2ccccc2c2cc(C#N)ccc21)c1cccc(-c2ccc(C#N)c(N3C4=C(CC=CC(C#N)C4)C4(C)C=CC=CC34)c2)c1. The van der Waals surface area contributed by atoms with Crippen LogP contribution in [0, 0.1) is 45.3 Å². The van der Waals surface area contributed by atoms with Gasteiger partial charge in [-0.1, -0.05) is 91.1 Å². The summed E-state index contributed by atoms with van der Waals surface area (Å²) in [6.07, 6.45) is 18.5. The molecular weight excluding hydrogens is 635 g/mol. The number of anilines is 1. The second-order valence-corrected chi connectivity index (χ2v) is 14.0. The predicted molar refractivity (Wildman–Crippen MR) is 212 cm³/mol. The molecule has 0 N–H and O–H groups in total. The van der Waals surface area contributed by atoms with Crippen molar-refractivity contribution in [3.63, 3.8) is 0 Å². The van der Waals surface area contributed by atoms with Crippen molar-refractivity contribution >= 4 is 38.8 Å². The summed E-state index contributed by atoms with van der Waals surface area (Å²) in [5.74, 6) is -0.222. The van der Waals surface area contributed by atoms with E-state index in [1.807, 2.05) is 49.4 Å². The van der Waals surface area contributed by atoms with E-state index in [4.69, 9.17) is 0 Å². The predicted octanol–water partition coefficient (Wildman–Crippen LogP) is 11.2. The van der Waals surface area contributed by atoms with Crippen LogP contribution in [-0.2, 0) is 0 Å². The minimum atomic E-state index is -0.242. The number of para-hydroxylation sites is 1. The number of hydrogen-bond acceptors (Lipinski definition) is 4. The summed E-state index contributed by atoms with van der Waals surface area (Å²) in [6, 6.07) is 36.3. The Morgan fingerprint density at radius 1 is 0.846 bits per heavy atom. The van der Waals surface area contributed by atoms with Gasteiger partial charge in [0.1, 0.15) is 6.07 Å². The first-order valence-corrected chi connectivity index (χ1v) is 17.8. The summed E-state index contributed by atoms with van der Waals surface area (Å²) >= 11 is 0. The molecule has 52 heavy (non-hydrogen) atoms. The van der Waals surface area contributed by atoms with Gasteiger partial charge in [0, 0.05) is 39.6 Å². The zero-order chi connectivity index (χ0) is 36.0. The van der Waals surface area contributed by atoms with Crippen LogP contribution >= 0.6 is 0 Å². The van der Waals surface area contributed by atoms with Gasteiger partial charge in [0.15, 0.2) is 0 Å². The summed E-state index contributed by atoms with van der Waals surface area (Å²) in [5, 5.41) is 32.2. The fourth-order valence-corrected chi connectivity index (χ4v) is 8.54. The molecule has 0 bridgehead atoms. The van der Waals surface area contributed by atoms with Gasteiger partial charge in [-0.05, 0) is 91.9 Å². The highest BCUT2D eigenvalue weighted by atomic mass is 15.2. The molecule has 3 atom stereocenters. The maximum atomic E-state index is 10.4. The van der Waals surface area contributed by atoms with Gasteiger partial charge in [-0.15, -0.1) is 0 Å². The molecule has 1 aromatic heterocycles. The van der Waals surface area contributed by atoms with E-state index in [-0.39, 0.29) is 17.4 Å². The van der Waals surface area contributed by atoms with E-state index in [0.29, 0.717) is 17.5 Å². The zero-order valence-electron chi connectivity index (χ0n) is 29.5. The quantitative estimate of drug-likeness (QED) is 0.138. The van der Waals surface area contributed by atoms with Crippen LogP contribution in [0.4, 0.5) is 5.69 Å². The third-order valence-electron chi connectivity index (χ3n) is 11.0. The highest BCUT2D eigenvalue weighted by molar-refractivity contribution is 6.12. The van der Waals surface area contributed by atoms with Crippen LogP contribution in [0.1, 0.15) is 50.3 Å². The van der Waals surface area contributed by atoms with Crippen LogP contribution < -0.4 is 4.90 Å². The summed E-state index contributed by atoms with van der Waals surface area (Å²) < 4.78 is 2.30. The Hall–Kier alpha value is -6.61. The highest BCUT2D eigenvalue weighted by Crippen LogP contribution is 2.53. The van der Waals surface area contributed by atoms with E-state index in [9.17, 15) is 15.8 Å². The average Bonchev–Trinajstić information content (AvgIpc) is 3.52. The van der Waals surface area contributed by atoms with E-state index in [2.05, 4.69) is 133 Å². The van der Waals surface area contributed by atoms with Crippen molar-refractivity contribution in [3.05, 3.63) is 161 Å². The molecule has 5 aromatic rings. The Labute approximate surface area is 305 Å². The highest BCUT2D eigenvalue weighted by Gasteiger charge is 2.48. The van der Waals surface area contributed by atoms with Crippen LogP contribution in [0.2, 0.25) is 0 Å². The second-order valence-electron chi connectivity index (χ2n) is 14.0. The first-order valence-electron chi connectivity index (χ1n) is 17.8. The molecule has 5 heteroatoms. The van der Waals surface area contributed by atoms with Crippen molar-refractivity contribution < 1.29 is 0 Å². The van der Waals surface area contributed by atoms with Crippen LogP contribution in [0.3, 0.4) is 0 Å². The maximum Gasteiger partial charge on any atom is 0.101 e. The average molecular weight is 672 g/mol. The number of rotatable bonds is 5. The lowest BCUT2D eigenvalue weighted by Gasteiger charge is -2.37. The molecular formula is C47H37N5. The summed E-state index contributed by atoms with van der Waals surface area (Å²) in [6.45, 7) is 6.48. The molecule has 0 amide bonds. The van der Waals surface area contributed by atoms with E-state index in [0.717, 1.165) is 67.6 Å². The molecule has 2 heterocycles. The summed E-state index contributed by atoms with van der Waals surface area (Å²) in [7, 11) is 0. The van der Waals surface area contributed by atoms with Gasteiger partial charge in [0.05, 0.1) is 51.9 Å². The minimum Gasteiger partial charge on any atom is -0.336 e. The van der Waals surface area contributed by atoms with E-state index in [1.165, 1.54) is 5.57 Å². The van der Waals surface area contributed by atoms with Crippen molar-refractivity contribution in [2.45, 2.75) is 39.7 Å². The Morgan fingerprint density at radius 3 is 2.48 bits per heavy atom. The fourth-order valence-electron chi connectivity index (χ4n) is 8.54. The topological polar surface area (TPSA) is 79.5 Å². The lowest BCUT2D eigenvalue weighted by Crippen LogP contribution is -2.39. The van der Waals surface area contributed by atoms with Gasteiger partial charge in [0.2, 0.25) is 0 Å². The van der Waals surface area contributed by atoms with Crippen molar-refractivity contribution in [2.75, 3.05) is 4.90 Å². The molecule has 0 radical (unpaired) electrons. The molecule has 0 fully saturated rings. The van der Waals surface area contributed by atoms with E-state index >= 15 is 0 Å². The van der Waals surface area contributed by atoms with E-state index in [1.54, 1.807) is 0 Å². The molecule has 1 aliphatic heterocycles. The van der Waals surface area contributed by atoms with Crippen LogP contribution in [0.25, 0.3) is 44.2 Å². The van der Waals surface area contributed by atoms with Crippen molar-refractivity contribution in [3.8, 4) is 29.3 Å². The van der Waals surface area contributed by atoms with Crippen LogP contribution in [-0.4, -0.2) is 10.6 Å². The van der Waals surface area contributed by atoms with Gasteiger partial charge >= 0.3 is 0 Å². The lowest BCUT2D eigenvalue weighted by molar-refractivity contribution is 0.468. The van der Waals surface area contributed by atoms with Crippen LogP contribution in [0.15, 0.2) is 145 Å². The normalized spacial score (nSPS) is 21.1. The number of nitriles is 3. The Bertz CT molecular complexity index is 2620. The third kappa shape index (κ3) is 5.12. The second kappa shape index (κ2) is 12.9. The van der Waals surface area contributed by atoms with Gasteiger partial charge < -0.3 is 9.47 Å². The summed E-state index contributed by atoms with van der Waals surface area (Å²) in [5.41, 5.74) is 11.8. The molecule has 2 aliphatic carbocycles. The molecule has 5 nitrogen and oxygen atoms in total. The maximum absolute atomic E-state index is 10.4. The van der Waals surface area contributed by atoms with E-state index < -0.39 is 0 Å². The van der Waals surface area contributed by atoms with Crippen molar-refractivity contribution in [2.24, 2.45) is 11.3 Å². The number of hydrogen-bond donors (Lipinski definition) is 0. The molecule has 8 rings (SSSR count). The first kappa shape index (κ1) is 32.6. The Balaban J connectivity index is 1.27. The summed E-state index contributed by atoms with van der Waals surface area (Å²) in [4.78, 5) is 2.34. The molecule has 3 unspecified atom stereocenters. The standard InChI is InChI=1S/C47H37N5/c1-4-11-38(31(2)51-42-17-6-5-15-39(42)40-24-33(29-49)19-22-43(40)51)36-14-10-13-34(26-36)35-20-21-37(30-50)44(27-35)52-45-25-32(28-48)12-9-16-41(45)47(3)23-8-7-18-46(47)52/h4-15,17-24,26-27,32,46H,16,25H2,1-3H3/b11-4-,38-31-. The third-order valence-corrected chi connectivity index (χ3v) is 11.0. The largest absolute Gasteiger partial charge is 0.336 e. The van der Waals surface area contributed by atoms with Gasteiger partial charge in [-0.2, -0.15) is 15.8 Å². The smallest absolute Gasteiger partial charge is 0.101 e. The van der Waals surface area contributed by atoms with Gasteiger partial charge in [-0.25, -0.2) is 0 Å². The molecule has 4 aromatic carbocycles. The Morgan fingerprint density at radius 2 is 1.67 bits per heavy atom. The molecule has 0 saturated heterocycles. The molecule has 250 valence electrons. The number of fused-ring (bicyclic) bond motifs is 5. The number of nitrogens with zero attached hydrogens (tertiary/aromatic N) is 5. The molecule has 0 saturated carbocycles. The monoisotopic (exact) mass is 671 g/mol. The molecule has 0 spiro atoms. The Kier molecular flexibility index (Phi) is 8.10. The fraction of sp³-hybridized carbons (Fsp3) is 0.170. The lowest BCUT2D eigenvalue weighted by atomic mass is 9.74. The number of allylic oxidation sites excluding steroid dienone is 9. The van der Waals surface area contributed by atoms with Crippen molar-refractivity contribution in [1.29, 1.82) is 15.8 Å². The van der Waals surface area contributed by atoms with Crippen molar-refractivity contribution in [1.82, 2.24) is 4.57 Å². The zero-order valence-corrected chi connectivity index (χ0v) is 29.5. The number of aromatic nitrogens is 1. The first-order chi connectivity index (χ1) is 25.4. The van der Waals surface area contributed by atoms with Gasteiger partial charge in [0.25, 0.3) is 0 Å². The number of benzene rings is 4.